The zero-order valence-electron chi connectivity index (χ0n) is 13.3. The van der Waals surface area contributed by atoms with Crippen LogP contribution in [0.3, 0.4) is 0 Å². The summed E-state index contributed by atoms with van der Waals surface area (Å²) < 4.78 is 15.9. The fourth-order valence-electron chi connectivity index (χ4n) is 1.91. The van der Waals surface area contributed by atoms with E-state index >= 15 is 0 Å². The van der Waals surface area contributed by atoms with Gasteiger partial charge in [0.05, 0.1) is 12.7 Å². The third-order valence-electron chi connectivity index (χ3n) is 3.17. The molecular weight excluding hydrogens is 330 g/mol. The summed E-state index contributed by atoms with van der Waals surface area (Å²) in [7, 11) is 1.48. The van der Waals surface area contributed by atoms with Gasteiger partial charge >= 0.3 is 5.97 Å². The van der Waals surface area contributed by atoms with Crippen molar-refractivity contribution >= 4 is 17.6 Å². The summed E-state index contributed by atoms with van der Waals surface area (Å²) in [5.41, 5.74) is 1.24. The molecule has 0 N–H and O–H groups in total. The van der Waals surface area contributed by atoms with Crippen molar-refractivity contribution in [3.05, 3.63) is 58.6 Å². The molecule has 0 fully saturated rings. The third-order valence-corrected chi connectivity index (χ3v) is 3.42. The second-order valence-electron chi connectivity index (χ2n) is 4.96. The maximum absolute atomic E-state index is 11.9. The number of halogens is 1. The van der Waals surface area contributed by atoms with E-state index < -0.39 is 12.1 Å². The van der Waals surface area contributed by atoms with Crippen LogP contribution >= 0.6 is 11.6 Å². The van der Waals surface area contributed by atoms with Crippen LogP contribution in [0.5, 0.6) is 11.5 Å². The Bertz CT molecular complexity index is 753. The lowest BCUT2D eigenvalue weighted by atomic mass is 10.2. The zero-order chi connectivity index (χ0) is 17.5. The Morgan fingerprint density at radius 3 is 2.54 bits per heavy atom. The maximum atomic E-state index is 11.9. The van der Waals surface area contributed by atoms with E-state index in [4.69, 9.17) is 31.1 Å². The molecule has 0 spiro atoms. The predicted octanol–water partition coefficient (Wildman–Crippen LogP) is 4.00. The molecule has 0 aliphatic carbocycles. The molecule has 2 aromatic rings. The fraction of sp³-hybridized carbons (Fsp3) is 0.222. The molecule has 0 heterocycles. The summed E-state index contributed by atoms with van der Waals surface area (Å²) in [6.07, 6.45) is -0.815. The summed E-state index contributed by atoms with van der Waals surface area (Å²) in [4.78, 5) is 11.9. The summed E-state index contributed by atoms with van der Waals surface area (Å²) in [6.45, 7) is 1.83. The van der Waals surface area contributed by atoms with Gasteiger partial charge in [-0.1, -0.05) is 23.7 Å². The average Bonchev–Trinajstić information content (AvgIpc) is 2.60. The first kappa shape index (κ1) is 17.6. The summed E-state index contributed by atoms with van der Waals surface area (Å²) in [5.74, 6) is 0.312. The number of carbonyl (C=O) groups is 1. The molecule has 0 saturated heterocycles. The van der Waals surface area contributed by atoms with Crippen molar-refractivity contribution in [2.45, 2.75) is 19.6 Å². The van der Waals surface area contributed by atoms with E-state index in [9.17, 15) is 4.79 Å². The largest absolute Gasteiger partial charge is 0.493 e. The Labute approximate surface area is 145 Å². The number of nitrogens with zero attached hydrogens (tertiary/aromatic N) is 1. The van der Waals surface area contributed by atoms with E-state index in [0.717, 1.165) is 5.56 Å². The maximum Gasteiger partial charge on any atom is 0.339 e. The van der Waals surface area contributed by atoms with E-state index in [1.165, 1.54) is 20.1 Å². The molecule has 1 atom stereocenters. The number of carbonyl (C=O) groups excluding carboxylic acids is 1. The molecule has 0 aliphatic rings. The minimum absolute atomic E-state index is 0.285. The topological polar surface area (TPSA) is 68.5 Å². The van der Waals surface area contributed by atoms with Gasteiger partial charge in [0, 0.05) is 5.02 Å². The number of benzene rings is 2. The Balaban J connectivity index is 2.09. The number of methoxy groups -OCH3 is 1. The minimum Gasteiger partial charge on any atom is -0.493 e. The van der Waals surface area contributed by atoms with Gasteiger partial charge in [-0.15, -0.1) is 0 Å². The van der Waals surface area contributed by atoms with Crippen molar-refractivity contribution in [2.24, 2.45) is 0 Å². The van der Waals surface area contributed by atoms with Crippen LogP contribution in [0.15, 0.2) is 42.5 Å². The van der Waals surface area contributed by atoms with Crippen LogP contribution in [0.1, 0.15) is 22.8 Å². The smallest absolute Gasteiger partial charge is 0.339 e. The van der Waals surface area contributed by atoms with Gasteiger partial charge in [0.15, 0.2) is 17.6 Å². The van der Waals surface area contributed by atoms with E-state index in [-0.39, 0.29) is 5.56 Å². The van der Waals surface area contributed by atoms with Gasteiger partial charge in [-0.3, -0.25) is 0 Å². The Kier molecular flexibility index (Phi) is 6.05. The lowest BCUT2D eigenvalue weighted by Gasteiger charge is -2.12. The Morgan fingerprint density at radius 2 is 1.92 bits per heavy atom. The first-order chi connectivity index (χ1) is 11.5. The van der Waals surface area contributed by atoms with Crippen LogP contribution < -0.4 is 9.47 Å². The van der Waals surface area contributed by atoms with Crippen molar-refractivity contribution in [3.8, 4) is 17.6 Å². The molecular formula is C18H16ClNO4. The molecule has 0 bridgehead atoms. The van der Waals surface area contributed by atoms with Gasteiger partial charge < -0.3 is 14.2 Å². The number of ether oxygens (including phenoxy) is 3. The molecule has 124 valence electrons. The highest BCUT2D eigenvalue weighted by Gasteiger charge is 2.15. The highest BCUT2D eigenvalue weighted by molar-refractivity contribution is 6.30. The lowest BCUT2D eigenvalue weighted by molar-refractivity contribution is 0.0435. The molecule has 0 unspecified atom stereocenters. The van der Waals surface area contributed by atoms with Gasteiger partial charge in [0.25, 0.3) is 0 Å². The molecule has 2 aromatic carbocycles. The second kappa shape index (κ2) is 8.23. The fourth-order valence-corrected chi connectivity index (χ4v) is 2.04. The SMILES string of the molecule is COc1cc(C(=O)O[C@@H](C)C#N)ccc1OCc1ccc(Cl)cc1. The summed E-state index contributed by atoms with van der Waals surface area (Å²) >= 11 is 5.85. The van der Waals surface area contributed by atoms with Crippen LogP contribution in [-0.2, 0) is 11.3 Å². The number of esters is 1. The normalized spacial score (nSPS) is 11.2. The van der Waals surface area contributed by atoms with Gasteiger partial charge in [-0.05, 0) is 42.8 Å². The number of nitriles is 1. The monoisotopic (exact) mass is 345 g/mol. The first-order valence-corrected chi connectivity index (χ1v) is 7.57. The Hall–Kier alpha value is -2.71. The van der Waals surface area contributed by atoms with Crippen LogP contribution in [0.25, 0.3) is 0 Å². The average molecular weight is 346 g/mol. The molecule has 0 saturated carbocycles. The Morgan fingerprint density at radius 1 is 1.21 bits per heavy atom. The molecule has 0 radical (unpaired) electrons. The standard InChI is InChI=1S/C18H16ClNO4/c1-12(10-20)24-18(21)14-5-8-16(17(9-14)22-2)23-11-13-3-6-15(19)7-4-13/h3-9,12H,11H2,1-2H3/t12-/m0/s1. The minimum atomic E-state index is -0.815. The summed E-state index contributed by atoms with van der Waals surface area (Å²) in [5, 5.41) is 9.35. The molecule has 24 heavy (non-hydrogen) atoms. The number of hydrogen-bond donors (Lipinski definition) is 0. The molecule has 0 aromatic heterocycles. The van der Waals surface area contributed by atoms with Crippen molar-refractivity contribution in [2.75, 3.05) is 7.11 Å². The van der Waals surface area contributed by atoms with Crippen molar-refractivity contribution < 1.29 is 19.0 Å². The van der Waals surface area contributed by atoms with E-state index in [2.05, 4.69) is 0 Å². The number of rotatable bonds is 6. The third kappa shape index (κ3) is 4.64. The van der Waals surface area contributed by atoms with E-state index in [1.54, 1.807) is 24.3 Å². The summed E-state index contributed by atoms with van der Waals surface area (Å²) in [6, 6.07) is 13.8. The molecule has 0 aliphatic heterocycles. The van der Waals surface area contributed by atoms with Gasteiger partial charge in [-0.25, -0.2) is 4.79 Å². The highest BCUT2D eigenvalue weighted by atomic mass is 35.5. The highest BCUT2D eigenvalue weighted by Crippen LogP contribution is 2.29. The van der Waals surface area contributed by atoms with Crippen LogP contribution in [0.2, 0.25) is 5.02 Å². The second-order valence-corrected chi connectivity index (χ2v) is 5.39. The molecule has 6 heteroatoms. The van der Waals surface area contributed by atoms with Crippen molar-refractivity contribution in [3.63, 3.8) is 0 Å². The lowest BCUT2D eigenvalue weighted by Crippen LogP contribution is -2.13. The van der Waals surface area contributed by atoms with Gasteiger partial charge in [0.1, 0.15) is 12.7 Å². The molecule has 0 amide bonds. The van der Waals surface area contributed by atoms with Gasteiger partial charge in [-0.2, -0.15) is 5.26 Å². The number of hydrogen-bond acceptors (Lipinski definition) is 5. The van der Waals surface area contributed by atoms with E-state index in [1.807, 2.05) is 18.2 Å². The van der Waals surface area contributed by atoms with Crippen molar-refractivity contribution in [1.29, 1.82) is 5.26 Å². The van der Waals surface area contributed by atoms with Crippen molar-refractivity contribution in [1.82, 2.24) is 0 Å². The van der Waals surface area contributed by atoms with Crippen LogP contribution in [0, 0.1) is 11.3 Å². The predicted molar refractivity (Wildman–Crippen MR) is 89.3 cm³/mol. The van der Waals surface area contributed by atoms with Crippen LogP contribution in [0.4, 0.5) is 0 Å². The molecule has 2 rings (SSSR count). The molecule has 5 nitrogen and oxygen atoms in total. The first-order valence-electron chi connectivity index (χ1n) is 7.19. The van der Waals surface area contributed by atoms with E-state index in [0.29, 0.717) is 23.1 Å². The van der Waals surface area contributed by atoms with Crippen LogP contribution in [-0.4, -0.2) is 19.2 Å². The van der Waals surface area contributed by atoms with Gasteiger partial charge in [0.2, 0.25) is 0 Å². The quantitative estimate of drug-likeness (QED) is 0.740. The zero-order valence-corrected chi connectivity index (χ0v) is 14.0.